The first-order valence-electron chi connectivity index (χ1n) is 52.6. The maximum Gasteiger partial charge on any atom is 0.136 e. The van der Waals surface area contributed by atoms with Gasteiger partial charge in [0.05, 0.1) is 0 Å². The molecule has 0 saturated carbocycles. The van der Waals surface area contributed by atoms with E-state index in [0.29, 0.717) is 0 Å². The van der Waals surface area contributed by atoms with Crippen LogP contribution in [0.25, 0.3) is 27.9 Å². The third kappa shape index (κ3) is 19.5. The number of imidazole rings is 1. The van der Waals surface area contributed by atoms with Crippen LogP contribution in [-0.2, 0) is 58.2 Å². The van der Waals surface area contributed by atoms with Gasteiger partial charge in [-0.25, -0.2) is 4.98 Å². The largest absolute Gasteiger partial charge is 0.487 e. The molecule has 0 bridgehead atoms. The number of aryl methyl sites for hydroxylation is 2. The quantitative estimate of drug-likeness (QED) is 0.159. The lowest BCUT2D eigenvalue weighted by molar-refractivity contribution is 0.0765. The minimum atomic E-state index is 0.0204. The standard InChI is InChI=1S/C27H34N2O.C24H27N3O.C24H29NO.C23H34N2O.C18H25NO/c1-2-6-23-20-28(15-11-22(23)5-1)19-21-8-9-26-24(17-21)18-27(30-26)12-10-25-7-3-4-14-29(25)16-13-27;1-2-12-26-13-10-24(9-8-21(26)3-1)16-20-15-18(4-6-22(20)28-24)19-5-7-23-25-11-14-27(23)17-19;1-18-5-7-19(8-6-18)20-9-10-23-21(16-20)17-24(26-23)12-11-22-4-2-3-14-25(22)15-13-24;1-3-12-24(13-4-1)18-19-7-8-22-20(16-19)17-23(26-22)10-9-21-6-2-5-14-25(21)15-11-23;1-14-5-6-17-15(12-14)13-18(20-17)8-7-16-4-2-3-10-19(16)11-9-18/h1-2,5-6,8-9,17,25H,3-4,7,10-16,18-20H2;4-7,11,14-15,17,21H,1-3,8-10,12-13,16H2;5-10,16,22H,2-4,11-15,17H2,1H3;7-8,16,21H,1-6,9-15,17-18H2;5-6,12,16H,2-4,7-11,13H2,1H3. The highest BCUT2D eigenvalue weighted by Gasteiger charge is 2.49. The summed E-state index contributed by atoms with van der Waals surface area (Å²) in [4.78, 5) is 23.3. The van der Waals surface area contributed by atoms with Crippen LogP contribution in [0.3, 0.4) is 0 Å². The fourth-order valence-electron chi connectivity index (χ4n) is 27.4. The zero-order chi connectivity index (χ0) is 87.1. The number of hydrogen-bond donors (Lipinski definition) is 0. The second kappa shape index (κ2) is 38.4. The molecule has 19 heterocycles. The average molecular weight is 1750 g/mol. The molecule has 14 nitrogen and oxygen atoms in total. The molecule has 0 aliphatic carbocycles. The first kappa shape index (κ1) is 87.3. The molecule has 688 valence electrons. The van der Waals surface area contributed by atoms with Gasteiger partial charge in [-0.3, -0.25) is 9.80 Å². The molecule has 11 fully saturated rings. The summed E-state index contributed by atoms with van der Waals surface area (Å²) in [7, 11) is 0. The van der Waals surface area contributed by atoms with E-state index in [1.165, 1.54) is 380 Å². The summed E-state index contributed by atoms with van der Waals surface area (Å²) in [6.07, 6.45) is 56.4. The van der Waals surface area contributed by atoms with Gasteiger partial charge in [0.2, 0.25) is 0 Å². The van der Waals surface area contributed by atoms with Gasteiger partial charge >= 0.3 is 0 Å². The van der Waals surface area contributed by atoms with Gasteiger partial charge < -0.3 is 52.6 Å². The lowest BCUT2D eigenvalue weighted by Crippen LogP contribution is -2.39. The van der Waals surface area contributed by atoms with Crippen LogP contribution < -0.4 is 23.7 Å². The van der Waals surface area contributed by atoms with Crippen molar-refractivity contribution in [3.63, 3.8) is 0 Å². The third-order valence-corrected chi connectivity index (χ3v) is 35.0. The number of benzene rings is 7. The predicted molar refractivity (Wildman–Crippen MR) is 525 cm³/mol. The summed E-state index contributed by atoms with van der Waals surface area (Å²) in [6.45, 7) is 23.9. The molecule has 0 radical (unpaired) electrons. The molecule has 17 aliphatic rings. The van der Waals surface area contributed by atoms with E-state index < -0.39 is 0 Å². The molecule has 11 saturated heterocycles. The van der Waals surface area contributed by atoms with E-state index in [2.05, 4.69) is 215 Å². The van der Waals surface area contributed by atoms with Crippen LogP contribution in [0.1, 0.15) is 273 Å². The summed E-state index contributed by atoms with van der Waals surface area (Å²) in [6, 6.07) is 60.3. The van der Waals surface area contributed by atoms with E-state index in [9.17, 15) is 0 Å². The van der Waals surface area contributed by atoms with E-state index in [4.69, 9.17) is 23.7 Å². The van der Waals surface area contributed by atoms with E-state index in [-0.39, 0.29) is 28.0 Å². The molecule has 130 heavy (non-hydrogen) atoms. The van der Waals surface area contributed by atoms with Crippen molar-refractivity contribution in [3.05, 3.63) is 231 Å². The summed E-state index contributed by atoms with van der Waals surface area (Å²) in [5.41, 5.74) is 22.2. The van der Waals surface area contributed by atoms with E-state index in [1.54, 1.807) is 0 Å². The van der Waals surface area contributed by atoms with Crippen molar-refractivity contribution in [1.29, 1.82) is 0 Å². The number of ether oxygens (including phenoxy) is 5. The number of fused-ring (bicyclic) bond motifs is 12. The molecule has 5 spiro atoms. The minimum absolute atomic E-state index is 0.0204. The molecule has 10 unspecified atom stereocenters. The summed E-state index contributed by atoms with van der Waals surface area (Å²) in [5.74, 6) is 5.71. The lowest BCUT2D eigenvalue weighted by atomic mass is 9.88. The van der Waals surface area contributed by atoms with Crippen molar-refractivity contribution >= 4 is 5.65 Å². The molecular formula is C116H149N9O5. The van der Waals surface area contributed by atoms with Gasteiger partial charge in [0, 0.05) is 172 Å². The molecule has 2 aromatic heterocycles. The minimum Gasteiger partial charge on any atom is -0.487 e. The Labute approximate surface area is 777 Å². The normalized spacial score (nSPS) is 29.9. The topological polar surface area (TPSA) is 86.1 Å². The number of likely N-dealkylation sites (tertiary alicyclic amines) is 1. The zero-order valence-electron chi connectivity index (χ0n) is 79.0. The fraction of sp³-hybridized carbons (Fsp3) is 0.578. The van der Waals surface area contributed by atoms with Crippen LogP contribution in [0, 0.1) is 13.8 Å². The number of piperidine rings is 6. The third-order valence-electron chi connectivity index (χ3n) is 35.0. The number of nitrogens with zero attached hydrogens (tertiary/aromatic N) is 9. The van der Waals surface area contributed by atoms with Crippen molar-refractivity contribution in [2.45, 2.75) is 342 Å². The van der Waals surface area contributed by atoms with Crippen LogP contribution >= 0.6 is 0 Å². The van der Waals surface area contributed by atoms with Crippen LogP contribution in [0.4, 0.5) is 0 Å². The fourth-order valence-corrected chi connectivity index (χ4v) is 27.4. The van der Waals surface area contributed by atoms with Gasteiger partial charge in [-0.1, -0.05) is 147 Å². The molecule has 17 aliphatic heterocycles. The summed E-state index contributed by atoms with van der Waals surface area (Å²) < 4.78 is 35.1. The Morgan fingerprint density at radius 2 is 0.654 bits per heavy atom. The highest BCUT2D eigenvalue weighted by Crippen LogP contribution is 2.51. The van der Waals surface area contributed by atoms with Crippen molar-refractivity contribution < 1.29 is 23.7 Å². The second-order valence-electron chi connectivity index (χ2n) is 43.9. The molecular weight excluding hydrogens is 1600 g/mol. The van der Waals surface area contributed by atoms with Crippen molar-refractivity contribution in [2.75, 3.05) is 85.1 Å². The molecule has 14 heteroatoms. The smallest absolute Gasteiger partial charge is 0.136 e. The van der Waals surface area contributed by atoms with E-state index in [1.807, 2.05) is 12.4 Å². The first-order valence-corrected chi connectivity index (χ1v) is 52.6. The monoisotopic (exact) mass is 1750 g/mol. The van der Waals surface area contributed by atoms with E-state index >= 15 is 0 Å². The molecule has 0 amide bonds. The summed E-state index contributed by atoms with van der Waals surface area (Å²) in [5, 5.41) is 0. The zero-order valence-corrected chi connectivity index (χ0v) is 79.0. The molecule has 10 atom stereocenters. The Balaban J connectivity index is 0.0000000958. The Kier molecular flexibility index (Phi) is 25.8. The Morgan fingerprint density at radius 1 is 0.292 bits per heavy atom. The maximum atomic E-state index is 6.67. The SMILES string of the molecule is Cc1ccc(-c2ccc3c(c2)CC2(CCC4CCCCN4CC2)O3)cc1.Cc1ccc2c(c1)CC1(CCC3CCCCN3CC1)O2.c1cc2c(cc1CN1CCCCC1)CC1(CCC3CCCCN3CC1)O2.c1ccc2c(c1)CCN(Cc1ccc3c(c1)CC1(CCC4CCCCN4CC1)O3)C2.c1cn2cc(-c3ccc4c(c3)CC3(CCC5CCCCN5CC3)O4)ccc2n1. The number of hydrogen-bond acceptors (Lipinski definition) is 13. The van der Waals surface area contributed by atoms with Crippen molar-refractivity contribution in [3.8, 4) is 51.0 Å². The summed E-state index contributed by atoms with van der Waals surface area (Å²) >= 11 is 0. The maximum absolute atomic E-state index is 6.67. The van der Waals surface area contributed by atoms with Gasteiger partial charge in [0.25, 0.3) is 0 Å². The van der Waals surface area contributed by atoms with Crippen LogP contribution in [0.15, 0.2) is 170 Å². The van der Waals surface area contributed by atoms with Gasteiger partial charge in [-0.2, -0.15) is 0 Å². The Morgan fingerprint density at radius 3 is 1.10 bits per heavy atom. The lowest BCUT2D eigenvalue weighted by Gasteiger charge is -2.33. The number of pyridine rings is 1. The first-order chi connectivity index (χ1) is 63.8. The molecule has 7 aromatic carbocycles. The Bertz CT molecular complexity index is 5320. The van der Waals surface area contributed by atoms with Crippen molar-refractivity contribution in [2.24, 2.45) is 0 Å². The molecule has 26 rings (SSSR count). The molecule has 0 N–H and O–H groups in total. The van der Waals surface area contributed by atoms with Crippen LogP contribution in [-0.4, -0.2) is 187 Å². The Hall–Kier alpha value is -8.05. The van der Waals surface area contributed by atoms with Gasteiger partial charge in [0.1, 0.15) is 62.4 Å². The van der Waals surface area contributed by atoms with Crippen molar-refractivity contribution in [1.82, 2.24) is 43.7 Å². The molecule has 9 aromatic rings. The van der Waals surface area contributed by atoms with Gasteiger partial charge in [0.15, 0.2) is 0 Å². The number of rotatable bonds is 6. The van der Waals surface area contributed by atoms with Crippen LogP contribution in [0.5, 0.6) is 28.7 Å². The highest BCUT2D eigenvalue weighted by molar-refractivity contribution is 5.68. The highest BCUT2D eigenvalue weighted by atomic mass is 16.5. The number of aromatic nitrogens is 2. The van der Waals surface area contributed by atoms with E-state index in [0.717, 1.165) is 124 Å². The van der Waals surface area contributed by atoms with Crippen LogP contribution in [0.2, 0.25) is 0 Å². The predicted octanol–water partition coefficient (Wildman–Crippen LogP) is 23.1. The van der Waals surface area contributed by atoms with Gasteiger partial charge in [-0.15, -0.1) is 0 Å². The second-order valence-corrected chi connectivity index (χ2v) is 43.9. The van der Waals surface area contributed by atoms with Gasteiger partial charge in [-0.05, 0) is 334 Å². The average Bonchev–Trinajstić information content (AvgIpc) is 1.64.